The van der Waals surface area contributed by atoms with Crippen LogP contribution in [0.4, 0.5) is 0 Å². The first kappa shape index (κ1) is 16.2. The molecule has 2 heterocycles. The van der Waals surface area contributed by atoms with Gasteiger partial charge < -0.3 is 25.8 Å². The largest absolute Gasteiger partial charge is 0.396 e. The van der Waals surface area contributed by atoms with Gasteiger partial charge in [-0.3, -0.25) is 9.59 Å². The molecule has 1 unspecified atom stereocenters. The number of piperidine rings is 2. The van der Waals surface area contributed by atoms with Crippen LogP contribution >= 0.6 is 0 Å². The summed E-state index contributed by atoms with van der Waals surface area (Å²) in [6, 6.07) is 0. The van der Waals surface area contributed by atoms with Crippen LogP contribution in [0.25, 0.3) is 0 Å². The van der Waals surface area contributed by atoms with Crippen molar-refractivity contribution in [2.45, 2.75) is 19.3 Å². The summed E-state index contributed by atoms with van der Waals surface area (Å²) in [7, 11) is 0. The molecule has 2 rings (SSSR count). The minimum Gasteiger partial charge on any atom is -0.396 e. The summed E-state index contributed by atoms with van der Waals surface area (Å²) < 4.78 is 4.97. The lowest BCUT2D eigenvalue weighted by Crippen LogP contribution is -2.53. The minimum atomic E-state index is -0.569. The van der Waals surface area contributed by atoms with Crippen molar-refractivity contribution >= 4 is 11.8 Å². The minimum absolute atomic E-state index is 0.0963. The van der Waals surface area contributed by atoms with Gasteiger partial charge in [0.05, 0.1) is 0 Å². The van der Waals surface area contributed by atoms with Crippen molar-refractivity contribution in [3.8, 4) is 0 Å². The summed E-state index contributed by atoms with van der Waals surface area (Å²) in [5.41, 5.74) is 5.12. The molecular formula is C14H25N3O4. The number of carbonyl (C=O) groups excluding carboxylic acids is 2. The number of ether oxygens (including phenoxy) is 1. The van der Waals surface area contributed by atoms with Crippen molar-refractivity contribution in [2.24, 2.45) is 17.1 Å². The third-order valence-corrected chi connectivity index (χ3v) is 4.86. The average molecular weight is 299 g/mol. The lowest BCUT2D eigenvalue weighted by molar-refractivity contribution is -0.141. The Kier molecular flexibility index (Phi) is 5.55. The fourth-order valence-corrected chi connectivity index (χ4v) is 3.48. The first-order valence-electron chi connectivity index (χ1n) is 7.53. The predicted molar refractivity (Wildman–Crippen MR) is 76.3 cm³/mol. The summed E-state index contributed by atoms with van der Waals surface area (Å²) in [5, 5.41) is 12.9. The van der Waals surface area contributed by atoms with Crippen molar-refractivity contribution in [1.29, 1.82) is 0 Å². The molecule has 7 nitrogen and oxygen atoms in total. The first-order valence-corrected chi connectivity index (χ1v) is 7.53. The molecule has 2 aliphatic heterocycles. The van der Waals surface area contributed by atoms with Gasteiger partial charge in [-0.15, -0.1) is 0 Å². The van der Waals surface area contributed by atoms with Crippen LogP contribution in [-0.2, 0) is 14.3 Å². The van der Waals surface area contributed by atoms with Gasteiger partial charge in [0, 0.05) is 32.2 Å². The van der Waals surface area contributed by atoms with Gasteiger partial charge in [-0.1, -0.05) is 0 Å². The van der Waals surface area contributed by atoms with Crippen molar-refractivity contribution in [3.05, 3.63) is 0 Å². The van der Waals surface area contributed by atoms with E-state index in [0.717, 1.165) is 32.4 Å². The molecule has 0 aromatic heterocycles. The Morgan fingerprint density at radius 2 is 2.00 bits per heavy atom. The van der Waals surface area contributed by atoms with Crippen LogP contribution < -0.4 is 11.1 Å². The van der Waals surface area contributed by atoms with E-state index in [1.807, 2.05) is 0 Å². The Bertz CT molecular complexity index is 380. The van der Waals surface area contributed by atoms with Crippen molar-refractivity contribution in [2.75, 3.05) is 46.0 Å². The van der Waals surface area contributed by atoms with Crippen LogP contribution in [0.1, 0.15) is 19.3 Å². The second-order valence-corrected chi connectivity index (χ2v) is 6.04. The number of hydrogen-bond donors (Lipinski definition) is 3. The fourth-order valence-electron chi connectivity index (χ4n) is 3.48. The first-order chi connectivity index (χ1) is 10.1. The molecule has 0 saturated carbocycles. The van der Waals surface area contributed by atoms with Gasteiger partial charge in [0.2, 0.25) is 11.8 Å². The predicted octanol–water partition coefficient (Wildman–Crippen LogP) is -1.30. The van der Waals surface area contributed by atoms with Crippen LogP contribution in [0, 0.1) is 11.3 Å². The van der Waals surface area contributed by atoms with E-state index < -0.39 is 5.91 Å². The number of aliphatic hydroxyl groups is 1. The molecule has 2 aliphatic rings. The summed E-state index contributed by atoms with van der Waals surface area (Å²) in [6.07, 6.45) is 2.89. The van der Waals surface area contributed by atoms with Crippen LogP contribution in [-0.4, -0.2) is 67.8 Å². The number of nitrogens with one attached hydrogen (secondary N) is 1. The molecule has 0 radical (unpaired) electrons. The second-order valence-electron chi connectivity index (χ2n) is 6.04. The van der Waals surface area contributed by atoms with E-state index in [2.05, 4.69) is 5.32 Å². The molecule has 120 valence electrons. The van der Waals surface area contributed by atoms with Gasteiger partial charge in [0.1, 0.15) is 13.2 Å². The molecule has 1 spiro atoms. The normalized spacial score (nSPS) is 25.0. The van der Waals surface area contributed by atoms with Crippen molar-refractivity contribution in [1.82, 2.24) is 10.2 Å². The van der Waals surface area contributed by atoms with Gasteiger partial charge >= 0.3 is 0 Å². The Morgan fingerprint density at radius 1 is 1.29 bits per heavy atom. The van der Waals surface area contributed by atoms with Gasteiger partial charge in [-0.25, -0.2) is 0 Å². The lowest BCUT2D eigenvalue weighted by Gasteiger charge is -2.49. The zero-order valence-electron chi connectivity index (χ0n) is 12.3. The molecule has 0 aliphatic carbocycles. The van der Waals surface area contributed by atoms with E-state index in [-0.39, 0.29) is 37.1 Å². The molecule has 2 saturated heterocycles. The number of aliphatic hydroxyl groups excluding tert-OH is 1. The maximum Gasteiger partial charge on any atom is 0.248 e. The highest BCUT2D eigenvalue weighted by atomic mass is 16.5. The van der Waals surface area contributed by atoms with Crippen molar-refractivity contribution < 1.29 is 19.4 Å². The van der Waals surface area contributed by atoms with Gasteiger partial charge in [-0.05, 0) is 31.2 Å². The van der Waals surface area contributed by atoms with Gasteiger partial charge in [0.25, 0.3) is 0 Å². The molecule has 4 N–H and O–H groups in total. The summed E-state index contributed by atoms with van der Waals surface area (Å²) in [5.74, 6) is -0.393. The van der Waals surface area contributed by atoms with Crippen LogP contribution in [0.3, 0.4) is 0 Å². The highest BCUT2D eigenvalue weighted by molar-refractivity contribution is 5.79. The quantitative estimate of drug-likeness (QED) is 0.585. The fraction of sp³-hybridized carbons (Fsp3) is 0.857. The molecule has 2 amide bonds. The van der Waals surface area contributed by atoms with E-state index in [4.69, 9.17) is 10.5 Å². The summed E-state index contributed by atoms with van der Waals surface area (Å²) >= 11 is 0. The number of likely N-dealkylation sites (tertiary alicyclic amines) is 1. The number of nitrogens with two attached hydrogens (primary N) is 1. The summed E-state index contributed by atoms with van der Waals surface area (Å²) in [4.78, 5) is 24.3. The Labute approximate surface area is 124 Å². The third-order valence-electron chi connectivity index (χ3n) is 4.86. The number of rotatable bonds is 5. The van der Waals surface area contributed by atoms with Gasteiger partial charge in [-0.2, -0.15) is 0 Å². The monoisotopic (exact) mass is 299 g/mol. The maximum absolute atomic E-state index is 12.0. The molecular weight excluding hydrogens is 274 g/mol. The van der Waals surface area contributed by atoms with E-state index in [0.29, 0.717) is 13.1 Å². The number of amides is 2. The molecule has 2 fully saturated rings. The number of nitrogens with zero attached hydrogens (tertiary/aromatic N) is 1. The number of hydrogen-bond acceptors (Lipinski definition) is 5. The smallest absolute Gasteiger partial charge is 0.248 e. The third kappa shape index (κ3) is 3.93. The highest BCUT2D eigenvalue weighted by Gasteiger charge is 2.43. The average Bonchev–Trinajstić information content (AvgIpc) is 2.48. The van der Waals surface area contributed by atoms with E-state index in [9.17, 15) is 14.7 Å². The van der Waals surface area contributed by atoms with Crippen LogP contribution in [0.5, 0.6) is 0 Å². The maximum atomic E-state index is 12.0. The van der Waals surface area contributed by atoms with E-state index in [1.54, 1.807) is 4.90 Å². The molecule has 0 aromatic rings. The molecule has 0 aromatic carbocycles. The Morgan fingerprint density at radius 3 is 2.62 bits per heavy atom. The molecule has 7 heteroatoms. The SMILES string of the molecule is NC(=O)COCC(=O)N1CCC2(CCNCC2CO)CC1. The zero-order valence-corrected chi connectivity index (χ0v) is 12.3. The number of primary amides is 1. The van der Waals surface area contributed by atoms with E-state index in [1.165, 1.54) is 0 Å². The molecule has 21 heavy (non-hydrogen) atoms. The van der Waals surface area contributed by atoms with Gasteiger partial charge in [0.15, 0.2) is 0 Å². The second kappa shape index (κ2) is 7.20. The Hall–Kier alpha value is -1.18. The van der Waals surface area contributed by atoms with E-state index >= 15 is 0 Å². The summed E-state index contributed by atoms with van der Waals surface area (Å²) in [6.45, 7) is 3.09. The lowest BCUT2D eigenvalue weighted by atomic mass is 9.65. The molecule has 0 bridgehead atoms. The standard InChI is InChI=1S/C14H25N3O4/c15-12(19)9-21-10-13(20)17-5-2-14(3-6-17)1-4-16-7-11(14)8-18/h11,16,18H,1-10H2,(H2,15,19). The zero-order chi connectivity index (χ0) is 15.3. The van der Waals surface area contributed by atoms with Crippen LogP contribution in [0.15, 0.2) is 0 Å². The van der Waals surface area contributed by atoms with Crippen LogP contribution in [0.2, 0.25) is 0 Å². The topological polar surface area (TPSA) is 105 Å². The van der Waals surface area contributed by atoms with Crippen molar-refractivity contribution in [3.63, 3.8) is 0 Å². The molecule has 1 atom stereocenters. The Balaban J connectivity index is 1.81. The highest BCUT2D eigenvalue weighted by Crippen LogP contribution is 2.43. The number of carbonyl (C=O) groups is 2.